The highest BCUT2D eigenvalue weighted by Gasteiger charge is 2.09. The first-order valence-electron chi connectivity index (χ1n) is 8.10. The maximum absolute atomic E-state index is 12.0. The van der Waals surface area contributed by atoms with E-state index in [-0.39, 0.29) is 12.5 Å². The Kier molecular flexibility index (Phi) is 6.25. The second kappa shape index (κ2) is 8.82. The molecule has 0 aliphatic carbocycles. The van der Waals surface area contributed by atoms with Crippen LogP contribution >= 0.6 is 23.1 Å². The van der Waals surface area contributed by atoms with Gasteiger partial charge in [0.25, 0.3) is 5.91 Å². The van der Waals surface area contributed by atoms with Gasteiger partial charge >= 0.3 is 0 Å². The van der Waals surface area contributed by atoms with Crippen molar-refractivity contribution in [2.24, 2.45) is 0 Å². The SMILES string of the molecule is Cc1ccc(CSc2nnc(NC(=O)COc3cccc(C)c3)s2)cc1. The largest absolute Gasteiger partial charge is 0.484 e. The van der Waals surface area contributed by atoms with Crippen LogP contribution in [0.25, 0.3) is 0 Å². The van der Waals surface area contributed by atoms with Crippen molar-refractivity contribution in [3.8, 4) is 5.75 Å². The summed E-state index contributed by atoms with van der Waals surface area (Å²) >= 11 is 2.96. The van der Waals surface area contributed by atoms with E-state index in [1.54, 1.807) is 11.8 Å². The Morgan fingerprint density at radius 1 is 1.12 bits per heavy atom. The molecule has 0 saturated carbocycles. The van der Waals surface area contributed by atoms with Crippen molar-refractivity contribution in [3.05, 3.63) is 65.2 Å². The van der Waals surface area contributed by atoms with E-state index in [2.05, 4.69) is 46.7 Å². The van der Waals surface area contributed by atoms with Crippen LogP contribution in [-0.2, 0) is 10.5 Å². The number of ether oxygens (including phenoxy) is 1. The van der Waals surface area contributed by atoms with Gasteiger partial charge in [0.05, 0.1) is 0 Å². The van der Waals surface area contributed by atoms with E-state index in [1.807, 2.05) is 31.2 Å². The molecule has 1 heterocycles. The van der Waals surface area contributed by atoms with Gasteiger partial charge in [0.1, 0.15) is 5.75 Å². The Hall–Kier alpha value is -2.38. The van der Waals surface area contributed by atoms with Gasteiger partial charge in [-0.15, -0.1) is 10.2 Å². The third kappa shape index (κ3) is 5.57. The Bertz CT molecular complexity index is 879. The van der Waals surface area contributed by atoms with Gasteiger partial charge in [0.15, 0.2) is 10.9 Å². The fraction of sp³-hybridized carbons (Fsp3) is 0.211. The zero-order chi connectivity index (χ0) is 18.4. The van der Waals surface area contributed by atoms with Crippen LogP contribution in [0.5, 0.6) is 5.75 Å². The fourth-order valence-corrected chi connectivity index (χ4v) is 3.88. The van der Waals surface area contributed by atoms with Gasteiger partial charge in [-0.1, -0.05) is 65.1 Å². The van der Waals surface area contributed by atoms with Crippen molar-refractivity contribution in [2.75, 3.05) is 11.9 Å². The van der Waals surface area contributed by atoms with Crippen LogP contribution in [0.4, 0.5) is 5.13 Å². The minimum Gasteiger partial charge on any atom is -0.484 e. The Morgan fingerprint density at radius 3 is 2.69 bits per heavy atom. The van der Waals surface area contributed by atoms with Gasteiger partial charge in [-0.05, 0) is 37.1 Å². The number of carbonyl (C=O) groups excluding carboxylic acids is 1. The molecule has 0 aliphatic heterocycles. The lowest BCUT2D eigenvalue weighted by Crippen LogP contribution is -2.20. The van der Waals surface area contributed by atoms with Crippen molar-refractivity contribution in [1.29, 1.82) is 0 Å². The Morgan fingerprint density at radius 2 is 1.92 bits per heavy atom. The molecule has 3 aromatic rings. The summed E-state index contributed by atoms with van der Waals surface area (Å²) in [5.74, 6) is 1.24. The highest BCUT2D eigenvalue weighted by molar-refractivity contribution is 8.00. The number of carbonyl (C=O) groups is 1. The lowest BCUT2D eigenvalue weighted by molar-refractivity contribution is -0.118. The molecule has 0 aliphatic rings. The topological polar surface area (TPSA) is 64.1 Å². The van der Waals surface area contributed by atoms with E-state index in [9.17, 15) is 4.79 Å². The van der Waals surface area contributed by atoms with E-state index < -0.39 is 0 Å². The summed E-state index contributed by atoms with van der Waals surface area (Å²) in [7, 11) is 0. The number of nitrogens with zero attached hydrogens (tertiary/aromatic N) is 2. The third-order valence-corrected chi connectivity index (χ3v) is 5.54. The summed E-state index contributed by atoms with van der Waals surface area (Å²) in [5.41, 5.74) is 3.56. The maximum Gasteiger partial charge on any atom is 0.264 e. The minimum atomic E-state index is -0.252. The molecule has 0 fully saturated rings. The average molecular weight is 386 g/mol. The van der Waals surface area contributed by atoms with Crippen LogP contribution < -0.4 is 10.1 Å². The zero-order valence-corrected chi connectivity index (χ0v) is 16.2. The summed E-state index contributed by atoms with van der Waals surface area (Å²) < 4.78 is 6.30. The first kappa shape index (κ1) is 18.4. The molecule has 134 valence electrons. The average Bonchev–Trinajstić information content (AvgIpc) is 3.07. The lowest BCUT2D eigenvalue weighted by Gasteiger charge is -2.05. The van der Waals surface area contributed by atoms with Gasteiger partial charge < -0.3 is 4.74 Å². The molecule has 1 aromatic heterocycles. The number of amides is 1. The molecule has 1 amide bonds. The highest BCUT2D eigenvalue weighted by atomic mass is 32.2. The van der Waals surface area contributed by atoms with E-state index in [0.29, 0.717) is 10.9 Å². The molecule has 0 unspecified atom stereocenters. The number of thioether (sulfide) groups is 1. The number of nitrogens with one attached hydrogen (secondary N) is 1. The number of aromatic nitrogens is 2. The van der Waals surface area contributed by atoms with Gasteiger partial charge in [0, 0.05) is 5.75 Å². The molecule has 0 spiro atoms. The molecule has 7 heteroatoms. The van der Waals surface area contributed by atoms with E-state index in [4.69, 9.17) is 4.74 Å². The number of hydrogen-bond donors (Lipinski definition) is 1. The summed E-state index contributed by atoms with van der Waals surface area (Å²) in [6.45, 7) is 3.98. The standard InChI is InChI=1S/C19H19N3O2S2/c1-13-6-8-15(9-7-13)12-25-19-22-21-18(26-19)20-17(23)11-24-16-5-3-4-14(2)10-16/h3-10H,11-12H2,1-2H3,(H,20,21,23). The lowest BCUT2D eigenvalue weighted by atomic mass is 10.2. The number of anilines is 1. The Labute approximate surface area is 160 Å². The van der Waals surface area contributed by atoms with Crippen molar-refractivity contribution in [3.63, 3.8) is 0 Å². The number of rotatable bonds is 7. The number of benzene rings is 2. The van der Waals surface area contributed by atoms with E-state index >= 15 is 0 Å². The molecule has 0 saturated heterocycles. The fourth-order valence-electron chi connectivity index (χ4n) is 2.16. The number of aryl methyl sites for hydroxylation is 2. The summed E-state index contributed by atoms with van der Waals surface area (Å²) in [5, 5.41) is 11.3. The van der Waals surface area contributed by atoms with Crippen LogP contribution in [0.1, 0.15) is 16.7 Å². The summed E-state index contributed by atoms with van der Waals surface area (Å²) in [6, 6.07) is 16.0. The second-order valence-electron chi connectivity index (χ2n) is 5.80. The van der Waals surface area contributed by atoms with Gasteiger partial charge in [-0.3, -0.25) is 10.1 Å². The maximum atomic E-state index is 12.0. The van der Waals surface area contributed by atoms with Crippen LogP contribution in [0, 0.1) is 13.8 Å². The first-order chi connectivity index (χ1) is 12.6. The molecule has 0 bridgehead atoms. The van der Waals surface area contributed by atoms with E-state index in [1.165, 1.54) is 22.5 Å². The molecule has 0 radical (unpaired) electrons. The first-order valence-corrected chi connectivity index (χ1v) is 9.90. The van der Waals surface area contributed by atoms with Crippen LogP contribution in [0.15, 0.2) is 52.9 Å². The van der Waals surface area contributed by atoms with E-state index in [0.717, 1.165) is 15.7 Å². The predicted molar refractivity (Wildman–Crippen MR) is 106 cm³/mol. The van der Waals surface area contributed by atoms with Gasteiger partial charge in [-0.25, -0.2) is 0 Å². The van der Waals surface area contributed by atoms with Crippen LogP contribution in [0.3, 0.4) is 0 Å². The monoisotopic (exact) mass is 385 g/mol. The smallest absolute Gasteiger partial charge is 0.264 e. The Balaban J connectivity index is 1.46. The predicted octanol–water partition coefficient (Wildman–Crippen LogP) is 4.46. The van der Waals surface area contributed by atoms with Crippen molar-refractivity contribution < 1.29 is 9.53 Å². The van der Waals surface area contributed by atoms with Crippen molar-refractivity contribution >= 4 is 34.1 Å². The van der Waals surface area contributed by atoms with Crippen LogP contribution in [0.2, 0.25) is 0 Å². The van der Waals surface area contributed by atoms with Crippen LogP contribution in [-0.4, -0.2) is 22.7 Å². The molecule has 1 N–H and O–H groups in total. The molecule has 2 aromatic carbocycles. The summed E-state index contributed by atoms with van der Waals surface area (Å²) in [4.78, 5) is 12.0. The van der Waals surface area contributed by atoms with Gasteiger partial charge in [-0.2, -0.15) is 0 Å². The molecular formula is C19H19N3O2S2. The highest BCUT2D eigenvalue weighted by Crippen LogP contribution is 2.28. The second-order valence-corrected chi connectivity index (χ2v) is 8.00. The zero-order valence-electron chi connectivity index (χ0n) is 14.6. The molecule has 0 atom stereocenters. The molecular weight excluding hydrogens is 366 g/mol. The van der Waals surface area contributed by atoms with Crippen molar-refractivity contribution in [1.82, 2.24) is 10.2 Å². The van der Waals surface area contributed by atoms with Crippen molar-refractivity contribution in [2.45, 2.75) is 23.9 Å². The molecule has 3 rings (SSSR count). The quantitative estimate of drug-likeness (QED) is 0.480. The molecule has 5 nitrogen and oxygen atoms in total. The number of hydrogen-bond acceptors (Lipinski definition) is 6. The third-order valence-electron chi connectivity index (χ3n) is 3.50. The van der Waals surface area contributed by atoms with Gasteiger partial charge in [0.2, 0.25) is 5.13 Å². The normalized spacial score (nSPS) is 10.5. The minimum absolute atomic E-state index is 0.0606. The summed E-state index contributed by atoms with van der Waals surface area (Å²) in [6.07, 6.45) is 0. The molecule has 26 heavy (non-hydrogen) atoms.